The van der Waals surface area contributed by atoms with E-state index in [9.17, 15) is 4.39 Å². The van der Waals surface area contributed by atoms with Crippen molar-refractivity contribution in [2.24, 2.45) is 5.73 Å². The Balaban J connectivity index is 2.72. The number of rotatable bonds is 6. The fourth-order valence-corrected chi connectivity index (χ4v) is 1.94. The van der Waals surface area contributed by atoms with Crippen molar-refractivity contribution in [1.82, 2.24) is 0 Å². The standard InChI is InChI=1S/C14H22FN/c1-3-5-10-14(16,4-2)11-12-8-6-7-9-13(12)15/h6-9H,3-5,10-11,16H2,1-2H3. The maximum Gasteiger partial charge on any atom is 0.126 e. The minimum atomic E-state index is -0.252. The van der Waals surface area contributed by atoms with Crippen LogP contribution in [0.4, 0.5) is 4.39 Å². The Labute approximate surface area is 97.9 Å². The molecular formula is C14H22FN. The first-order valence-electron chi connectivity index (χ1n) is 6.13. The van der Waals surface area contributed by atoms with E-state index < -0.39 is 0 Å². The van der Waals surface area contributed by atoms with Gasteiger partial charge in [-0.1, -0.05) is 44.9 Å². The number of unbranched alkanes of at least 4 members (excludes halogenated alkanes) is 1. The first-order chi connectivity index (χ1) is 7.61. The van der Waals surface area contributed by atoms with Gasteiger partial charge < -0.3 is 5.73 Å². The lowest BCUT2D eigenvalue weighted by molar-refractivity contribution is 0.360. The van der Waals surface area contributed by atoms with Crippen LogP contribution in [0.1, 0.15) is 45.1 Å². The van der Waals surface area contributed by atoms with Crippen LogP contribution in [-0.2, 0) is 6.42 Å². The van der Waals surface area contributed by atoms with Gasteiger partial charge in [0.25, 0.3) is 0 Å². The maximum atomic E-state index is 13.5. The highest BCUT2D eigenvalue weighted by Gasteiger charge is 2.23. The van der Waals surface area contributed by atoms with Crippen LogP contribution in [0.2, 0.25) is 0 Å². The Morgan fingerprint density at radius 1 is 1.25 bits per heavy atom. The molecule has 1 rings (SSSR count). The lowest BCUT2D eigenvalue weighted by Crippen LogP contribution is -2.41. The number of hydrogen-bond acceptors (Lipinski definition) is 1. The Morgan fingerprint density at radius 3 is 2.50 bits per heavy atom. The summed E-state index contributed by atoms with van der Waals surface area (Å²) in [6.45, 7) is 4.23. The zero-order chi connectivity index (χ0) is 12.0. The van der Waals surface area contributed by atoms with Crippen LogP contribution in [0.3, 0.4) is 0 Å². The molecule has 16 heavy (non-hydrogen) atoms. The molecular weight excluding hydrogens is 201 g/mol. The Hall–Kier alpha value is -0.890. The monoisotopic (exact) mass is 223 g/mol. The lowest BCUT2D eigenvalue weighted by Gasteiger charge is -2.28. The molecule has 0 spiro atoms. The molecule has 2 heteroatoms. The first-order valence-corrected chi connectivity index (χ1v) is 6.13. The second-order valence-electron chi connectivity index (χ2n) is 4.59. The molecule has 0 saturated heterocycles. The van der Waals surface area contributed by atoms with E-state index in [2.05, 4.69) is 13.8 Å². The molecule has 1 nitrogen and oxygen atoms in total. The van der Waals surface area contributed by atoms with E-state index in [1.807, 2.05) is 12.1 Å². The van der Waals surface area contributed by atoms with Crippen molar-refractivity contribution in [1.29, 1.82) is 0 Å². The van der Waals surface area contributed by atoms with Crippen molar-refractivity contribution in [3.63, 3.8) is 0 Å². The predicted molar refractivity (Wildman–Crippen MR) is 66.8 cm³/mol. The van der Waals surface area contributed by atoms with Crippen LogP contribution in [0.5, 0.6) is 0 Å². The van der Waals surface area contributed by atoms with E-state index in [0.29, 0.717) is 6.42 Å². The smallest absolute Gasteiger partial charge is 0.126 e. The van der Waals surface area contributed by atoms with Crippen molar-refractivity contribution >= 4 is 0 Å². The molecule has 0 bridgehead atoms. The summed E-state index contributed by atoms with van der Waals surface area (Å²) in [4.78, 5) is 0. The van der Waals surface area contributed by atoms with Gasteiger partial charge in [0.1, 0.15) is 5.82 Å². The van der Waals surface area contributed by atoms with Crippen LogP contribution in [0, 0.1) is 5.82 Å². The van der Waals surface area contributed by atoms with Gasteiger partial charge in [-0.25, -0.2) is 4.39 Å². The van der Waals surface area contributed by atoms with Crippen molar-refractivity contribution in [3.05, 3.63) is 35.6 Å². The highest BCUT2D eigenvalue weighted by atomic mass is 19.1. The number of halogens is 1. The topological polar surface area (TPSA) is 26.0 Å². The van der Waals surface area contributed by atoms with Gasteiger partial charge in [-0.3, -0.25) is 0 Å². The molecule has 1 unspecified atom stereocenters. The number of benzene rings is 1. The van der Waals surface area contributed by atoms with Gasteiger partial charge in [0.15, 0.2) is 0 Å². The summed E-state index contributed by atoms with van der Waals surface area (Å²) in [6, 6.07) is 6.92. The quantitative estimate of drug-likeness (QED) is 0.782. The third-order valence-electron chi connectivity index (χ3n) is 3.23. The second-order valence-corrected chi connectivity index (χ2v) is 4.59. The summed E-state index contributed by atoms with van der Waals surface area (Å²) in [7, 11) is 0. The SMILES string of the molecule is CCCCC(N)(CC)Cc1ccccc1F. The van der Waals surface area contributed by atoms with Crippen LogP contribution >= 0.6 is 0 Å². The fourth-order valence-electron chi connectivity index (χ4n) is 1.94. The molecule has 0 aliphatic carbocycles. The van der Waals surface area contributed by atoms with Gasteiger partial charge in [-0.05, 0) is 30.9 Å². The summed E-state index contributed by atoms with van der Waals surface area (Å²) in [5, 5.41) is 0. The fraction of sp³-hybridized carbons (Fsp3) is 0.571. The lowest BCUT2D eigenvalue weighted by atomic mass is 9.84. The molecule has 0 aliphatic rings. The summed E-state index contributed by atoms with van der Waals surface area (Å²) < 4.78 is 13.5. The van der Waals surface area contributed by atoms with Crippen LogP contribution in [0.15, 0.2) is 24.3 Å². The molecule has 0 fully saturated rings. The zero-order valence-corrected chi connectivity index (χ0v) is 10.3. The molecule has 0 aromatic heterocycles. The average Bonchev–Trinajstić information content (AvgIpc) is 2.30. The molecule has 90 valence electrons. The van der Waals surface area contributed by atoms with E-state index in [1.165, 1.54) is 6.07 Å². The summed E-state index contributed by atoms with van der Waals surface area (Å²) >= 11 is 0. The summed E-state index contributed by atoms with van der Waals surface area (Å²) in [6.07, 6.45) is 4.74. The van der Waals surface area contributed by atoms with Gasteiger partial charge in [-0.15, -0.1) is 0 Å². The van der Waals surface area contributed by atoms with Crippen molar-refractivity contribution in [2.45, 2.75) is 51.5 Å². The molecule has 0 radical (unpaired) electrons. The van der Waals surface area contributed by atoms with E-state index >= 15 is 0 Å². The third-order valence-corrected chi connectivity index (χ3v) is 3.23. The van der Waals surface area contributed by atoms with Crippen molar-refractivity contribution < 1.29 is 4.39 Å². The molecule has 0 aliphatic heterocycles. The van der Waals surface area contributed by atoms with Crippen molar-refractivity contribution in [3.8, 4) is 0 Å². The Bertz CT molecular complexity index is 324. The van der Waals surface area contributed by atoms with E-state index in [0.717, 1.165) is 31.2 Å². The molecule has 1 aromatic rings. The number of hydrogen-bond donors (Lipinski definition) is 1. The van der Waals surface area contributed by atoms with Crippen molar-refractivity contribution in [2.75, 3.05) is 0 Å². The zero-order valence-electron chi connectivity index (χ0n) is 10.3. The molecule has 1 atom stereocenters. The highest BCUT2D eigenvalue weighted by Crippen LogP contribution is 2.22. The molecule has 0 amide bonds. The number of nitrogens with two attached hydrogens (primary N) is 1. The second kappa shape index (κ2) is 6.00. The minimum absolute atomic E-state index is 0.137. The van der Waals surface area contributed by atoms with Gasteiger partial charge in [0.2, 0.25) is 0 Å². The van der Waals surface area contributed by atoms with Gasteiger partial charge in [0, 0.05) is 5.54 Å². The van der Waals surface area contributed by atoms with E-state index in [1.54, 1.807) is 6.07 Å². The van der Waals surface area contributed by atoms with Gasteiger partial charge in [0.05, 0.1) is 0 Å². The van der Waals surface area contributed by atoms with Gasteiger partial charge in [-0.2, -0.15) is 0 Å². The average molecular weight is 223 g/mol. The maximum absolute atomic E-state index is 13.5. The highest BCUT2D eigenvalue weighted by molar-refractivity contribution is 5.19. The van der Waals surface area contributed by atoms with E-state index in [-0.39, 0.29) is 11.4 Å². The Morgan fingerprint density at radius 2 is 1.94 bits per heavy atom. The predicted octanol–water partition coefficient (Wildman–Crippen LogP) is 3.67. The largest absolute Gasteiger partial charge is 0.325 e. The summed E-state index contributed by atoms with van der Waals surface area (Å²) in [5.74, 6) is -0.137. The molecule has 2 N–H and O–H groups in total. The normalized spacial score (nSPS) is 14.8. The Kier molecular flexibility index (Phi) is 4.94. The van der Waals surface area contributed by atoms with Crippen LogP contribution in [0.25, 0.3) is 0 Å². The minimum Gasteiger partial charge on any atom is -0.325 e. The van der Waals surface area contributed by atoms with Crippen LogP contribution in [-0.4, -0.2) is 5.54 Å². The molecule has 1 aromatic carbocycles. The van der Waals surface area contributed by atoms with Crippen LogP contribution < -0.4 is 5.73 Å². The van der Waals surface area contributed by atoms with Gasteiger partial charge >= 0.3 is 0 Å². The summed E-state index contributed by atoms with van der Waals surface area (Å²) in [5.41, 5.74) is 6.80. The molecule has 0 saturated carbocycles. The first kappa shape index (κ1) is 13.2. The van der Waals surface area contributed by atoms with E-state index in [4.69, 9.17) is 5.73 Å². The third kappa shape index (κ3) is 3.60. The molecule has 0 heterocycles.